The number of hydrogen-bond donors (Lipinski definition) is 2. The molecular formula is C24H32O6. The van der Waals surface area contributed by atoms with E-state index in [4.69, 9.17) is 4.74 Å². The summed E-state index contributed by atoms with van der Waals surface area (Å²) < 4.78 is 5.03. The molecule has 0 aromatic heterocycles. The molecule has 0 aromatic rings. The van der Waals surface area contributed by atoms with E-state index in [1.807, 2.05) is 13.0 Å². The summed E-state index contributed by atoms with van der Waals surface area (Å²) in [5.41, 5.74) is -1.67. The number of allylic oxidation sites excluding steroid dienone is 4. The van der Waals surface area contributed by atoms with Crippen molar-refractivity contribution < 1.29 is 29.3 Å². The Kier molecular flexibility index (Phi) is 5.09. The molecule has 0 bridgehead atoms. The van der Waals surface area contributed by atoms with Crippen LogP contribution >= 0.6 is 0 Å². The van der Waals surface area contributed by atoms with E-state index < -0.39 is 35.5 Å². The van der Waals surface area contributed by atoms with E-state index in [-0.39, 0.29) is 35.4 Å². The van der Waals surface area contributed by atoms with Gasteiger partial charge in [0.1, 0.15) is 5.60 Å². The van der Waals surface area contributed by atoms with E-state index in [2.05, 4.69) is 6.92 Å². The zero-order chi connectivity index (χ0) is 21.9. The van der Waals surface area contributed by atoms with Crippen LogP contribution in [0.2, 0.25) is 0 Å². The van der Waals surface area contributed by atoms with Crippen LogP contribution in [0.15, 0.2) is 23.8 Å². The maximum Gasteiger partial charge on any atom is 0.305 e. The Morgan fingerprint density at radius 3 is 2.70 bits per heavy atom. The lowest BCUT2D eigenvalue weighted by Crippen LogP contribution is -2.61. The number of aliphatic hydroxyl groups excluding tert-OH is 1. The summed E-state index contributed by atoms with van der Waals surface area (Å²) in [5, 5.41) is 22.8. The van der Waals surface area contributed by atoms with Crippen molar-refractivity contribution in [1.82, 2.24) is 0 Å². The first kappa shape index (κ1) is 21.4. The third-order valence-corrected chi connectivity index (χ3v) is 8.76. The van der Waals surface area contributed by atoms with Crippen LogP contribution in [0.4, 0.5) is 0 Å². The molecular weight excluding hydrogens is 384 g/mol. The first-order valence-corrected chi connectivity index (χ1v) is 11.1. The standard InChI is InChI=1S/C24H32O6/c1-4-20(28)30-13-19(27)24(29)10-8-17-16-6-5-14-11-15(25)7-9-22(14,2)21(16)18(26)12-23(17,24)3/h7,9,11,16-18,21,26,29H,4-6,8,10,12-13H2,1-3H3/t16-,17-,18-,21+,22?,23-,24-/m0/s1. The Morgan fingerprint density at radius 2 is 2.00 bits per heavy atom. The van der Waals surface area contributed by atoms with Crippen LogP contribution in [0.3, 0.4) is 0 Å². The first-order chi connectivity index (χ1) is 14.1. The monoisotopic (exact) mass is 416 g/mol. The van der Waals surface area contributed by atoms with Gasteiger partial charge in [-0.2, -0.15) is 0 Å². The molecule has 0 radical (unpaired) electrons. The number of carbonyl (C=O) groups excluding carboxylic acids is 3. The SMILES string of the molecule is CCC(=O)OCC(=O)[C@@]1(O)CC[C@H]2[C@@H]3CCC4=CC(=O)C=CC4(C)[C@H]3[C@@H](O)C[C@@]21C. The van der Waals surface area contributed by atoms with Crippen LogP contribution < -0.4 is 0 Å². The van der Waals surface area contributed by atoms with Gasteiger partial charge in [0.15, 0.2) is 12.4 Å². The molecule has 1 unspecified atom stereocenters. The van der Waals surface area contributed by atoms with Gasteiger partial charge in [-0.25, -0.2) is 0 Å². The maximum absolute atomic E-state index is 13.0. The van der Waals surface area contributed by atoms with Crippen molar-refractivity contribution in [1.29, 1.82) is 0 Å². The topological polar surface area (TPSA) is 101 Å². The van der Waals surface area contributed by atoms with Crippen LogP contribution in [0, 0.1) is 28.6 Å². The molecule has 30 heavy (non-hydrogen) atoms. The number of ketones is 2. The van der Waals surface area contributed by atoms with Crippen molar-refractivity contribution in [2.75, 3.05) is 6.61 Å². The molecule has 0 saturated heterocycles. The van der Waals surface area contributed by atoms with E-state index in [1.54, 1.807) is 19.1 Å². The molecule has 0 amide bonds. The predicted octanol–water partition coefficient (Wildman–Crippen LogP) is 2.52. The van der Waals surface area contributed by atoms with Crippen LogP contribution in [0.25, 0.3) is 0 Å². The molecule has 3 fully saturated rings. The van der Waals surface area contributed by atoms with Gasteiger partial charge in [-0.15, -0.1) is 0 Å². The molecule has 0 heterocycles. The Balaban J connectivity index is 1.63. The molecule has 0 aliphatic heterocycles. The van der Waals surface area contributed by atoms with Gasteiger partial charge in [0.25, 0.3) is 0 Å². The summed E-state index contributed by atoms with van der Waals surface area (Å²) in [6, 6.07) is 0. The number of aliphatic hydroxyl groups is 2. The molecule has 7 atom stereocenters. The summed E-state index contributed by atoms with van der Waals surface area (Å²) in [6.45, 7) is 5.25. The van der Waals surface area contributed by atoms with Crippen molar-refractivity contribution in [3.63, 3.8) is 0 Å². The Hall–Kier alpha value is -1.79. The summed E-state index contributed by atoms with van der Waals surface area (Å²) in [7, 11) is 0. The van der Waals surface area contributed by atoms with Gasteiger partial charge < -0.3 is 14.9 Å². The fraction of sp³-hybridized carbons (Fsp3) is 0.708. The van der Waals surface area contributed by atoms with E-state index >= 15 is 0 Å². The van der Waals surface area contributed by atoms with Gasteiger partial charge in [0.2, 0.25) is 5.78 Å². The van der Waals surface area contributed by atoms with Gasteiger partial charge in [-0.3, -0.25) is 14.4 Å². The zero-order valence-corrected chi connectivity index (χ0v) is 18.0. The Labute approximate surface area is 177 Å². The Bertz CT molecular complexity index is 843. The van der Waals surface area contributed by atoms with Gasteiger partial charge in [-0.05, 0) is 56.1 Å². The van der Waals surface area contributed by atoms with Crippen LogP contribution in [0.1, 0.15) is 59.3 Å². The Morgan fingerprint density at radius 1 is 1.27 bits per heavy atom. The summed E-state index contributed by atoms with van der Waals surface area (Å²) in [4.78, 5) is 36.4. The van der Waals surface area contributed by atoms with Gasteiger partial charge in [0.05, 0.1) is 6.10 Å². The van der Waals surface area contributed by atoms with Crippen molar-refractivity contribution >= 4 is 17.5 Å². The van der Waals surface area contributed by atoms with Crippen molar-refractivity contribution in [2.24, 2.45) is 28.6 Å². The van der Waals surface area contributed by atoms with E-state index in [1.165, 1.54) is 0 Å². The van der Waals surface area contributed by atoms with E-state index in [0.29, 0.717) is 19.3 Å². The molecule has 4 aliphatic carbocycles. The molecule has 164 valence electrons. The number of fused-ring (bicyclic) bond motifs is 5. The maximum atomic E-state index is 13.0. The van der Waals surface area contributed by atoms with Gasteiger partial charge >= 0.3 is 5.97 Å². The van der Waals surface area contributed by atoms with Crippen molar-refractivity contribution in [3.05, 3.63) is 23.8 Å². The second kappa shape index (κ2) is 7.13. The quantitative estimate of drug-likeness (QED) is 0.683. The minimum absolute atomic E-state index is 0.00136. The summed E-state index contributed by atoms with van der Waals surface area (Å²) >= 11 is 0. The minimum Gasteiger partial charge on any atom is -0.458 e. The smallest absolute Gasteiger partial charge is 0.305 e. The van der Waals surface area contributed by atoms with Crippen molar-refractivity contribution in [3.8, 4) is 0 Å². The van der Waals surface area contributed by atoms with Crippen molar-refractivity contribution in [2.45, 2.75) is 71.0 Å². The number of esters is 1. The normalized spacial score (nSPS) is 44.6. The largest absolute Gasteiger partial charge is 0.458 e. The second-order valence-electron chi connectivity index (χ2n) is 10.0. The average Bonchev–Trinajstić information content (AvgIpc) is 2.97. The lowest BCUT2D eigenvalue weighted by atomic mass is 9.46. The third-order valence-electron chi connectivity index (χ3n) is 8.76. The summed E-state index contributed by atoms with van der Waals surface area (Å²) in [6.07, 6.45) is 7.70. The highest BCUT2D eigenvalue weighted by molar-refractivity contribution is 6.01. The number of ether oxygens (including phenoxy) is 1. The lowest BCUT2D eigenvalue weighted by molar-refractivity contribution is -0.181. The minimum atomic E-state index is -1.60. The predicted molar refractivity (Wildman–Crippen MR) is 109 cm³/mol. The molecule has 3 saturated carbocycles. The highest BCUT2D eigenvalue weighted by atomic mass is 16.5. The number of rotatable bonds is 4. The molecule has 6 heteroatoms. The number of carbonyl (C=O) groups is 3. The second-order valence-corrected chi connectivity index (χ2v) is 10.0. The molecule has 0 aromatic carbocycles. The van der Waals surface area contributed by atoms with E-state index in [9.17, 15) is 24.6 Å². The lowest BCUT2D eigenvalue weighted by Gasteiger charge is -2.59. The highest BCUT2D eigenvalue weighted by Crippen LogP contribution is 2.67. The number of hydrogen-bond acceptors (Lipinski definition) is 6. The highest BCUT2D eigenvalue weighted by Gasteiger charge is 2.68. The van der Waals surface area contributed by atoms with Crippen LogP contribution in [0.5, 0.6) is 0 Å². The summed E-state index contributed by atoms with van der Waals surface area (Å²) in [5.74, 6) is -0.738. The molecule has 4 aliphatic rings. The molecule has 6 nitrogen and oxygen atoms in total. The first-order valence-electron chi connectivity index (χ1n) is 11.1. The molecule has 4 rings (SSSR count). The van der Waals surface area contributed by atoms with Crippen LogP contribution in [-0.4, -0.2) is 46.1 Å². The zero-order valence-electron chi connectivity index (χ0n) is 18.0. The fourth-order valence-corrected chi connectivity index (χ4v) is 7.16. The van der Waals surface area contributed by atoms with Gasteiger partial charge in [0, 0.05) is 23.2 Å². The molecule has 0 spiro atoms. The molecule has 2 N–H and O–H groups in total. The van der Waals surface area contributed by atoms with Gasteiger partial charge in [-0.1, -0.05) is 32.4 Å². The fourth-order valence-electron chi connectivity index (χ4n) is 7.16. The van der Waals surface area contributed by atoms with Crippen LogP contribution in [-0.2, 0) is 19.1 Å². The van der Waals surface area contributed by atoms with E-state index in [0.717, 1.165) is 18.4 Å². The third kappa shape index (κ3) is 2.87. The average molecular weight is 417 g/mol. The number of Topliss-reactive ketones (excluding diaryl/α,β-unsaturated/α-hetero) is 1.